The Morgan fingerprint density at radius 3 is 1.92 bits per heavy atom. The van der Waals surface area contributed by atoms with Crippen molar-refractivity contribution in [3.8, 4) is 0 Å². The molecule has 0 saturated heterocycles. The third-order valence-corrected chi connectivity index (χ3v) is 4.63. The number of sulfonamides is 1. The Morgan fingerprint density at radius 1 is 1.42 bits per heavy atom. The van der Waals surface area contributed by atoms with Gasteiger partial charge in [-0.3, -0.25) is 0 Å². The summed E-state index contributed by atoms with van der Waals surface area (Å²) < 4.78 is 21.6. The molecule has 1 aliphatic rings. The van der Waals surface area contributed by atoms with Crippen LogP contribution in [0.1, 0.15) is 34.1 Å². The normalized spacial score (nSPS) is 36.6. The van der Waals surface area contributed by atoms with Crippen LogP contribution in [-0.2, 0) is 10.0 Å². The third-order valence-electron chi connectivity index (χ3n) is 2.88. The summed E-state index contributed by atoms with van der Waals surface area (Å²) in [5.41, 5.74) is 0.0428. The molecule has 0 bridgehead atoms. The Balaban J connectivity index is 2.88. The van der Waals surface area contributed by atoms with E-state index >= 15 is 0 Å². The summed E-state index contributed by atoms with van der Waals surface area (Å²) in [5.74, 6) is 0.208. The second-order valence-electron chi connectivity index (χ2n) is 4.98. The molecule has 0 amide bonds. The van der Waals surface area contributed by atoms with Gasteiger partial charge in [-0.05, 0) is 24.7 Å². The number of nitrogens with two attached hydrogens (primary N) is 1. The lowest BCUT2D eigenvalue weighted by atomic mass is 9.89. The summed E-state index contributed by atoms with van der Waals surface area (Å²) in [6.07, 6.45) is 0.704. The van der Waals surface area contributed by atoms with Crippen LogP contribution in [-0.4, -0.2) is 13.2 Å². The number of hydrogen-bond donors (Lipinski definition) is 1. The molecular formula is C8H17NO2S. The van der Waals surface area contributed by atoms with E-state index < -0.39 is 14.8 Å². The number of rotatable bonds is 1. The molecule has 1 fully saturated rings. The average Bonchev–Trinajstić information content (AvgIpc) is 2.38. The highest BCUT2D eigenvalue weighted by molar-refractivity contribution is 7.90. The van der Waals surface area contributed by atoms with Crippen LogP contribution in [0.5, 0.6) is 0 Å². The van der Waals surface area contributed by atoms with Gasteiger partial charge in [0.25, 0.3) is 0 Å². The van der Waals surface area contributed by atoms with Crippen LogP contribution in [0.25, 0.3) is 0 Å². The van der Waals surface area contributed by atoms with E-state index in [-0.39, 0.29) is 11.3 Å². The van der Waals surface area contributed by atoms with E-state index in [0.717, 1.165) is 0 Å². The number of hydrogen-bond acceptors (Lipinski definition) is 2. The first-order chi connectivity index (χ1) is 5.09. The van der Waals surface area contributed by atoms with Crippen molar-refractivity contribution in [3.63, 3.8) is 0 Å². The average molecular weight is 191 g/mol. The van der Waals surface area contributed by atoms with Gasteiger partial charge in [0, 0.05) is 0 Å². The zero-order valence-corrected chi connectivity index (χ0v) is 8.90. The minimum Gasteiger partial charge on any atom is -0.228 e. The maximum atomic E-state index is 11.2. The summed E-state index contributed by atoms with van der Waals surface area (Å²) in [5, 5.41) is 5.13. The smallest absolute Gasteiger partial charge is 0.214 e. The van der Waals surface area contributed by atoms with Crippen LogP contribution in [0.2, 0.25) is 0 Å². The molecule has 4 heteroatoms. The first-order valence-electron chi connectivity index (χ1n) is 4.11. The lowest BCUT2D eigenvalue weighted by Gasteiger charge is -2.20. The highest BCUT2D eigenvalue weighted by atomic mass is 32.2. The first kappa shape index (κ1) is 9.99. The lowest BCUT2D eigenvalue weighted by Crippen LogP contribution is -2.32. The van der Waals surface area contributed by atoms with E-state index in [1.807, 2.05) is 20.8 Å². The van der Waals surface area contributed by atoms with Gasteiger partial charge in [-0.2, -0.15) is 0 Å². The van der Waals surface area contributed by atoms with E-state index in [1.165, 1.54) is 0 Å². The fraction of sp³-hybridized carbons (Fsp3) is 1.00. The van der Waals surface area contributed by atoms with Crippen LogP contribution < -0.4 is 5.14 Å². The third kappa shape index (κ3) is 1.38. The van der Waals surface area contributed by atoms with Gasteiger partial charge < -0.3 is 0 Å². The van der Waals surface area contributed by atoms with Gasteiger partial charge in [-0.15, -0.1) is 0 Å². The van der Waals surface area contributed by atoms with Gasteiger partial charge in [-0.1, -0.05) is 20.8 Å². The van der Waals surface area contributed by atoms with Crippen LogP contribution in [0.4, 0.5) is 0 Å². The Labute approximate surface area is 74.4 Å². The van der Waals surface area contributed by atoms with Gasteiger partial charge in [-0.25, -0.2) is 13.6 Å². The predicted molar refractivity (Wildman–Crippen MR) is 49.1 cm³/mol. The van der Waals surface area contributed by atoms with Gasteiger partial charge in [0.2, 0.25) is 10.0 Å². The molecule has 12 heavy (non-hydrogen) atoms. The second kappa shape index (κ2) is 2.23. The topological polar surface area (TPSA) is 60.2 Å². The summed E-state index contributed by atoms with van der Waals surface area (Å²) in [4.78, 5) is 0. The predicted octanol–water partition coefficient (Wildman–Crippen LogP) is 1.10. The van der Waals surface area contributed by atoms with E-state index in [1.54, 1.807) is 6.92 Å². The largest absolute Gasteiger partial charge is 0.228 e. The number of primary sulfonamides is 1. The molecule has 1 rings (SSSR count). The van der Waals surface area contributed by atoms with Gasteiger partial charge in [0.15, 0.2) is 0 Å². The minimum absolute atomic E-state index is 0.0428. The van der Waals surface area contributed by atoms with E-state index in [9.17, 15) is 8.42 Å². The maximum absolute atomic E-state index is 11.2. The maximum Gasteiger partial charge on any atom is 0.214 e. The molecule has 0 aromatic heterocycles. The van der Waals surface area contributed by atoms with Gasteiger partial charge in [0.1, 0.15) is 0 Å². The molecule has 2 unspecified atom stereocenters. The first-order valence-corrected chi connectivity index (χ1v) is 5.66. The van der Waals surface area contributed by atoms with Crippen LogP contribution in [0.3, 0.4) is 0 Å². The molecule has 0 spiro atoms. The van der Waals surface area contributed by atoms with Crippen LogP contribution in [0.15, 0.2) is 0 Å². The molecule has 0 heterocycles. The van der Waals surface area contributed by atoms with Crippen molar-refractivity contribution in [1.82, 2.24) is 0 Å². The Bertz CT molecular complexity index is 289. The highest BCUT2D eigenvalue weighted by Crippen LogP contribution is 2.57. The quantitative estimate of drug-likeness (QED) is 0.674. The van der Waals surface area contributed by atoms with Crippen molar-refractivity contribution in [3.05, 3.63) is 0 Å². The monoisotopic (exact) mass is 191 g/mol. The fourth-order valence-electron chi connectivity index (χ4n) is 1.88. The lowest BCUT2D eigenvalue weighted by molar-refractivity contribution is 0.337. The molecule has 0 aliphatic heterocycles. The van der Waals surface area contributed by atoms with Crippen molar-refractivity contribution in [2.75, 3.05) is 0 Å². The van der Waals surface area contributed by atoms with Crippen molar-refractivity contribution in [2.24, 2.45) is 16.5 Å². The van der Waals surface area contributed by atoms with Crippen LogP contribution >= 0.6 is 0 Å². The molecule has 0 radical (unpaired) electrons. The van der Waals surface area contributed by atoms with Gasteiger partial charge in [0.05, 0.1) is 4.75 Å². The molecule has 2 N–H and O–H groups in total. The molecular weight excluding hydrogens is 174 g/mol. The SMILES string of the molecule is CC(C)(C)C1CC1(C)S(N)(=O)=O. The Morgan fingerprint density at radius 2 is 1.83 bits per heavy atom. The minimum atomic E-state index is -3.36. The Kier molecular flexibility index (Phi) is 1.86. The van der Waals surface area contributed by atoms with Crippen molar-refractivity contribution in [2.45, 2.75) is 38.9 Å². The highest BCUT2D eigenvalue weighted by Gasteiger charge is 2.62. The van der Waals surface area contributed by atoms with E-state index in [0.29, 0.717) is 6.42 Å². The van der Waals surface area contributed by atoms with Crippen LogP contribution in [0, 0.1) is 11.3 Å². The van der Waals surface area contributed by atoms with E-state index in [2.05, 4.69) is 0 Å². The molecule has 3 nitrogen and oxygen atoms in total. The second-order valence-corrected chi connectivity index (χ2v) is 7.00. The molecule has 0 aromatic carbocycles. The molecule has 2 atom stereocenters. The Hall–Kier alpha value is -0.0900. The molecule has 1 aliphatic carbocycles. The summed E-state index contributed by atoms with van der Waals surface area (Å²) in [7, 11) is -3.36. The summed E-state index contributed by atoms with van der Waals surface area (Å²) >= 11 is 0. The van der Waals surface area contributed by atoms with Crippen molar-refractivity contribution in [1.29, 1.82) is 0 Å². The van der Waals surface area contributed by atoms with E-state index in [4.69, 9.17) is 5.14 Å². The van der Waals surface area contributed by atoms with Crippen molar-refractivity contribution < 1.29 is 8.42 Å². The molecule has 1 saturated carbocycles. The molecule has 72 valence electrons. The zero-order chi connectivity index (χ0) is 9.78. The molecule has 0 aromatic rings. The zero-order valence-electron chi connectivity index (χ0n) is 8.09. The standard InChI is InChI=1S/C8H17NO2S/c1-7(2,3)6-5-8(6,4)12(9,10)11/h6H,5H2,1-4H3,(H2,9,10,11). The fourth-order valence-corrected chi connectivity index (χ4v) is 3.03. The van der Waals surface area contributed by atoms with Gasteiger partial charge >= 0.3 is 0 Å². The summed E-state index contributed by atoms with van der Waals surface area (Å²) in [6.45, 7) is 7.88. The summed E-state index contributed by atoms with van der Waals surface area (Å²) in [6, 6.07) is 0. The van der Waals surface area contributed by atoms with Crippen molar-refractivity contribution >= 4 is 10.0 Å².